The molecule has 1 aliphatic heterocycles. The third-order valence-electron chi connectivity index (χ3n) is 1.77. The summed E-state index contributed by atoms with van der Waals surface area (Å²) in [5.41, 5.74) is 0. The van der Waals surface area contributed by atoms with Gasteiger partial charge in [-0.1, -0.05) is 20.3 Å². The molecule has 0 bridgehead atoms. The zero-order valence-electron chi connectivity index (χ0n) is 5.07. The van der Waals surface area contributed by atoms with E-state index in [0.717, 1.165) is 12.0 Å². The van der Waals surface area contributed by atoms with Crippen molar-refractivity contribution < 1.29 is 0 Å². The molecule has 2 atom stereocenters. The first-order valence-corrected chi connectivity index (χ1v) is 3.08. The van der Waals surface area contributed by atoms with Crippen molar-refractivity contribution in [2.75, 3.05) is 6.54 Å². The first-order chi connectivity index (χ1) is 3.34. The Hall–Kier alpha value is -0.0400. The summed E-state index contributed by atoms with van der Waals surface area (Å²) >= 11 is 0. The van der Waals surface area contributed by atoms with E-state index in [-0.39, 0.29) is 0 Å². The Kier molecular flexibility index (Phi) is 1.33. The van der Waals surface area contributed by atoms with Crippen LogP contribution in [0.25, 0.3) is 0 Å². The molecular formula is C6H13N. The summed E-state index contributed by atoms with van der Waals surface area (Å²) < 4.78 is 0. The molecule has 0 aromatic carbocycles. The van der Waals surface area contributed by atoms with Gasteiger partial charge in [-0.15, -0.1) is 0 Å². The van der Waals surface area contributed by atoms with Crippen molar-refractivity contribution in [1.82, 2.24) is 5.32 Å². The second kappa shape index (κ2) is 1.83. The minimum Gasteiger partial charge on any atom is -0.311 e. The van der Waals surface area contributed by atoms with Crippen LogP contribution in [0.2, 0.25) is 0 Å². The van der Waals surface area contributed by atoms with E-state index in [1.54, 1.807) is 0 Å². The zero-order valence-corrected chi connectivity index (χ0v) is 5.07. The Labute approximate surface area is 45.1 Å². The molecule has 0 spiro atoms. The minimum atomic E-state index is 0.866. The van der Waals surface area contributed by atoms with E-state index in [4.69, 9.17) is 0 Å². The van der Waals surface area contributed by atoms with Crippen LogP contribution in [-0.4, -0.2) is 12.6 Å². The van der Waals surface area contributed by atoms with Crippen molar-refractivity contribution in [3.8, 4) is 0 Å². The van der Waals surface area contributed by atoms with Crippen LogP contribution in [0.3, 0.4) is 0 Å². The van der Waals surface area contributed by atoms with Gasteiger partial charge in [0.15, 0.2) is 0 Å². The third kappa shape index (κ3) is 1.16. The normalized spacial score (nSPS) is 32.6. The summed E-state index contributed by atoms with van der Waals surface area (Å²) in [7, 11) is 0. The van der Waals surface area contributed by atoms with Gasteiger partial charge in [-0.25, -0.2) is 0 Å². The Morgan fingerprint density at radius 2 is 2.43 bits per heavy atom. The van der Waals surface area contributed by atoms with Crippen LogP contribution in [0, 0.1) is 5.92 Å². The molecule has 1 saturated heterocycles. The minimum absolute atomic E-state index is 0.866. The molecule has 1 N–H and O–H groups in total. The molecule has 1 fully saturated rings. The molecule has 0 aromatic rings. The molecule has 0 saturated carbocycles. The first-order valence-electron chi connectivity index (χ1n) is 3.08. The molecule has 7 heavy (non-hydrogen) atoms. The molecule has 0 radical (unpaired) electrons. The maximum Gasteiger partial charge on any atom is 0.0218 e. The summed E-state index contributed by atoms with van der Waals surface area (Å²) in [4.78, 5) is 0. The summed E-state index contributed by atoms with van der Waals surface area (Å²) in [6.45, 7) is 5.80. The second-order valence-corrected chi connectivity index (χ2v) is 2.40. The smallest absolute Gasteiger partial charge is 0.0218 e. The van der Waals surface area contributed by atoms with E-state index in [9.17, 15) is 0 Å². The van der Waals surface area contributed by atoms with Crippen LogP contribution in [0.1, 0.15) is 20.3 Å². The van der Waals surface area contributed by atoms with Gasteiger partial charge in [-0.05, 0) is 5.92 Å². The maximum atomic E-state index is 3.29. The Morgan fingerprint density at radius 3 is 2.57 bits per heavy atom. The van der Waals surface area contributed by atoms with Crippen molar-refractivity contribution in [1.29, 1.82) is 0 Å². The predicted molar refractivity (Wildman–Crippen MR) is 31.2 cm³/mol. The average Bonchev–Trinajstić information content (AvgIpc) is 2.44. The van der Waals surface area contributed by atoms with Gasteiger partial charge in [0.2, 0.25) is 0 Å². The molecule has 1 heteroatoms. The fraction of sp³-hybridized carbons (Fsp3) is 1.00. The summed E-state index contributed by atoms with van der Waals surface area (Å²) in [6, 6.07) is 0.866. The largest absolute Gasteiger partial charge is 0.311 e. The lowest BCUT2D eigenvalue weighted by Crippen LogP contribution is -2.03. The zero-order chi connectivity index (χ0) is 5.28. The fourth-order valence-electron chi connectivity index (χ4n) is 0.755. The van der Waals surface area contributed by atoms with Gasteiger partial charge in [-0.2, -0.15) is 0 Å². The van der Waals surface area contributed by atoms with Crippen molar-refractivity contribution in [3.05, 3.63) is 0 Å². The molecular weight excluding hydrogens is 86.1 g/mol. The molecule has 1 rings (SSSR count). The average molecular weight is 99.2 g/mol. The maximum absolute atomic E-state index is 3.29. The van der Waals surface area contributed by atoms with E-state index < -0.39 is 0 Å². The molecule has 1 unspecified atom stereocenters. The fourth-order valence-corrected chi connectivity index (χ4v) is 0.755. The van der Waals surface area contributed by atoms with E-state index in [2.05, 4.69) is 19.2 Å². The number of nitrogens with one attached hydrogen (secondary N) is 1. The van der Waals surface area contributed by atoms with E-state index in [0.29, 0.717) is 0 Å². The number of rotatable bonds is 2. The Bertz CT molecular complexity index is 57.2. The molecule has 0 aliphatic carbocycles. The van der Waals surface area contributed by atoms with Crippen LogP contribution in [-0.2, 0) is 0 Å². The SMILES string of the molecule is CCC(C)[C@@H]1CN1. The van der Waals surface area contributed by atoms with Gasteiger partial charge in [0.05, 0.1) is 0 Å². The predicted octanol–water partition coefficient (Wildman–Crippen LogP) is 1.00. The molecule has 1 aliphatic rings. The topological polar surface area (TPSA) is 21.9 Å². The lowest BCUT2D eigenvalue weighted by molar-refractivity contribution is 0.550. The third-order valence-corrected chi connectivity index (χ3v) is 1.77. The lowest BCUT2D eigenvalue weighted by atomic mass is 10.1. The van der Waals surface area contributed by atoms with Crippen LogP contribution in [0.5, 0.6) is 0 Å². The van der Waals surface area contributed by atoms with Gasteiger partial charge in [0.1, 0.15) is 0 Å². The van der Waals surface area contributed by atoms with Gasteiger partial charge in [-0.3, -0.25) is 0 Å². The van der Waals surface area contributed by atoms with Gasteiger partial charge >= 0.3 is 0 Å². The van der Waals surface area contributed by atoms with Gasteiger partial charge < -0.3 is 5.32 Å². The highest BCUT2D eigenvalue weighted by molar-refractivity contribution is 4.86. The monoisotopic (exact) mass is 99.1 g/mol. The first kappa shape index (κ1) is 5.10. The van der Waals surface area contributed by atoms with Gasteiger partial charge in [0, 0.05) is 12.6 Å². The number of hydrogen-bond acceptors (Lipinski definition) is 1. The Balaban J connectivity index is 2.10. The van der Waals surface area contributed by atoms with E-state index >= 15 is 0 Å². The molecule has 42 valence electrons. The standard InChI is InChI=1S/C6H13N/c1-3-5(2)6-4-7-6/h5-7H,3-4H2,1-2H3/t5?,6-/m0/s1. The summed E-state index contributed by atoms with van der Waals surface area (Å²) in [5.74, 6) is 0.903. The van der Waals surface area contributed by atoms with Crippen molar-refractivity contribution in [2.24, 2.45) is 5.92 Å². The highest BCUT2D eigenvalue weighted by Gasteiger charge is 2.24. The van der Waals surface area contributed by atoms with Crippen LogP contribution < -0.4 is 5.32 Å². The summed E-state index contributed by atoms with van der Waals surface area (Å²) in [5, 5.41) is 3.29. The van der Waals surface area contributed by atoms with Crippen molar-refractivity contribution in [2.45, 2.75) is 26.3 Å². The van der Waals surface area contributed by atoms with Crippen molar-refractivity contribution >= 4 is 0 Å². The number of hydrogen-bond donors (Lipinski definition) is 1. The molecule has 0 aromatic heterocycles. The van der Waals surface area contributed by atoms with Crippen LogP contribution in [0.4, 0.5) is 0 Å². The highest BCUT2D eigenvalue weighted by Crippen LogP contribution is 2.13. The molecule has 1 nitrogen and oxygen atoms in total. The second-order valence-electron chi connectivity index (χ2n) is 2.40. The molecule has 0 amide bonds. The van der Waals surface area contributed by atoms with Gasteiger partial charge in [0.25, 0.3) is 0 Å². The molecule has 1 heterocycles. The van der Waals surface area contributed by atoms with E-state index in [1.807, 2.05) is 0 Å². The van der Waals surface area contributed by atoms with E-state index in [1.165, 1.54) is 13.0 Å². The van der Waals surface area contributed by atoms with Crippen molar-refractivity contribution in [3.63, 3.8) is 0 Å². The Morgan fingerprint density at radius 1 is 1.86 bits per heavy atom. The lowest BCUT2D eigenvalue weighted by Gasteiger charge is -2.00. The van der Waals surface area contributed by atoms with Crippen LogP contribution in [0.15, 0.2) is 0 Å². The highest BCUT2D eigenvalue weighted by atomic mass is 15.1. The van der Waals surface area contributed by atoms with Crippen LogP contribution >= 0.6 is 0 Å². The summed E-state index contributed by atoms with van der Waals surface area (Å²) in [6.07, 6.45) is 1.32. The quantitative estimate of drug-likeness (QED) is 0.513.